The Labute approximate surface area is 183 Å². The van der Waals surface area contributed by atoms with Crippen LogP contribution in [0.3, 0.4) is 0 Å². The molecule has 0 radical (unpaired) electrons. The highest BCUT2D eigenvalue weighted by atomic mass is 32.2. The van der Waals surface area contributed by atoms with Crippen LogP contribution in [0.2, 0.25) is 0 Å². The molecule has 0 spiro atoms. The number of sulfonamides is 1. The Morgan fingerprint density at radius 1 is 1.27 bits per heavy atom. The monoisotopic (exact) mass is 460 g/mol. The van der Waals surface area contributed by atoms with Crippen LogP contribution < -0.4 is 4.31 Å². The molecule has 0 bridgehead atoms. The molecule has 7 nitrogen and oxygen atoms in total. The summed E-state index contributed by atoms with van der Waals surface area (Å²) in [6.07, 6.45) is 4.05. The highest BCUT2D eigenvalue weighted by molar-refractivity contribution is 7.99. The van der Waals surface area contributed by atoms with Crippen molar-refractivity contribution in [2.45, 2.75) is 30.5 Å². The van der Waals surface area contributed by atoms with Crippen LogP contribution in [0, 0.1) is 0 Å². The van der Waals surface area contributed by atoms with E-state index >= 15 is 0 Å². The number of anilines is 1. The first-order chi connectivity index (χ1) is 14.4. The Bertz CT molecular complexity index is 1210. The Kier molecular flexibility index (Phi) is 4.95. The van der Waals surface area contributed by atoms with E-state index in [0.29, 0.717) is 30.3 Å². The number of fused-ring (bicyclic) bond motifs is 1. The van der Waals surface area contributed by atoms with E-state index in [1.807, 2.05) is 23.6 Å². The van der Waals surface area contributed by atoms with Crippen LogP contribution in [0.15, 0.2) is 40.9 Å². The fraction of sp³-hybridized carbons (Fsp3) is 0.350. The molecule has 1 fully saturated rings. The molecular formula is C20H20N4O3S3. The Balaban J connectivity index is 1.33. The van der Waals surface area contributed by atoms with Crippen LogP contribution >= 0.6 is 23.1 Å². The number of ketones is 1. The summed E-state index contributed by atoms with van der Waals surface area (Å²) in [5.41, 5.74) is 2.18. The lowest BCUT2D eigenvalue weighted by atomic mass is 10.1. The third kappa shape index (κ3) is 3.67. The van der Waals surface area contributed by atoms with E-state index in [1.165, 1.54) is 22.3 Å². The number of thioether (sulfide) groups is 1. The summed E-state index contributed by atoms with van der Waals surface area (Å²) in [6.45, 7) is 0.427. The molecule has 0 N–H and O–H groups in total. The summed E-state index contributed by atoms with van der Waals surface area (Å²) in [5, 5.41) is 11.5. The predicted octanol–water partition coefficient (Wildman–Crippen LogP) is 3.64. The van der Waals surface area contributed by atoms with Gasteiger partial charge in [-0.2, -0.15) is 0 Å². The molecule has 0 atom stereocenters. The van der Waals surface area contributed by atoms with Crippen LogP contribution in [0.4, 0.5) is 5.69 Å². The van der Waals surface area contributed by atoms with Crippen molar-refractivity contribution in [1.82, 2.24) is 14.8 Å². The van der Waals surface area contributed by atoms with Crippen molar-refractivity contribution in [3.63, 3.8) is 0 Å². The van der Waals surface area contributed by atoms with Crippen LogP contribution in [-0.4, -0.2) is 47.5 Å². The van der Waals surface area contributed by atoms with E-state index in [1.54, 1.807) is 23.5 Å². The summed E-state index contributed by atoms with van der Waals surface area (Å²) in [6, 6.07) is 9.73. The van der Waals surface area contributed by atoms with E-state index < -0.39 is 10.0 Å². The normalized spacial score (nSPS) is 16.1. The Hall–Kier alpha value is -2.17. The predicted molar refractivity (Wildman–Crippen MR) is 119 cm³/mol. The molecule has 156 valence electrons. The summed E-state index contributed by atoms with van der Waals surface area (Å²) in [4.78, 5) is 13.9. The third-order valence-electron chi connectivity index (χ3n) is 5.31. The fourth-order valence-electron chi connectivity index (χ4n) is 3.71. The molecule has 3 heterocycles. The van der Waals surface area contributed by atoms with Crippen molar-refractivity contribution in [3.8, 4) is 10.7 Å². The first-order valence-electron chi connectivity index (χ1n) is 9.67. The highest BCUT2D eigenvalue weighted by Crippen LogP contribution is 2.42. The number of rotatable bonds is 7. The van der Waals surface area contributed by atoms with Gasteiger partial charge in [-0.1, -0.05) is 17.8 Å². The van der Waals surface area contributed by atoms with Gasteiger partial charge < -0.3 is 0 Å². The average Bonchev–Trinajstić information content (AvgIpc) is 3.13. The van der Waals surface area contributed by atoms with Crippen molar-refractivity contribution in [2.24, 2.45) is 0 Å². The lowest BCUT2D eigenvalue weighted by Gasteiger charge is -2.16. The first-order valence-corrected chi connectivity index (χ1v) is 13.4. The lowest BCUT2D eigenvalue weighted by Crippen LogP contribution is -2.27. The standard InChI is InChI=1S/C20H20N4O3S3/c1-30(26,27)23-9-8-13-11-14(4-7-16(13)23)17(25)12-29-20-22-21-19(18-3-2-10-28-18)24(20)15-5-6-15/h2-4,7,10-11,15H,5-6,8-9,12H2,1H3. The summed E-state index contributed by atoms with van der Waals surface area (Å²) >= 11 is 3.05. The molecule has 2 aliphatic rings. The van der Waals surface area contributed by atoms with E-state index in [2.05, 4.69) is 14.8 Å². The van der Waals surface area contributed by atoms with Gasteiger partial charge in [-0.3, -0.25) is 13.7 Å². The molecule has 1 aliphatic heterocycles. The molecule has 30 heavy (non-hydrogen) atoms. The lowest BCUT2D eigenvalue weighted by molar-refractivity contribution is 0.102. The van der Waals surface area contributed by atoms with Crippen molar-refractivity contribution in [3.05, 3.63) is 46.8 Å². The van der Waals surface area contributed by atoms with E-state index in [-0.39, 0.29) is 11.5 Å². The van der Waals surface area contributed by atoms with Gasteiger partial charge in [-0.25, -0.2) is 8.42 Å². The summed E-state index contributed by atoms with van der Waals surface area (Å²) in [7, 11) is -3.29. The molecule has 5 rings (SSSR count). The quantitative estimate of drug-likeness (QED) is 0.395. The van der Waals surface area contributed by atoms with E-state index in [0.717, 1.165) is 34.3 Å². The number of aromatic nitrogens is 3. The maximum atomic E-state index is 12.8. The molecule has 1 aromatic carbocycles. The van der Waals surface area contributed by atoms with Crippen molar-refractivity contribution >= 4 is 44.6 Å². The van der Waals surface area contributed by atoms with Gasteiger partial charge in [0, 0.05) is 18.2 Å². The second kappa shape index (κ2) is 7.51. The minimum Gasteiger partial charge on any atom is -0.298 e. The maximum absolute atomic E-state index is 12.8. The van der Waals surface area contributed by atoms with Gasteiger partial charge >= 0.3 is 0 Å². The number of thiophene rings is 1. The average molecular weight is 461 g/mol. The third-order valence-corrected chi connectivity index (χ3v) is 8.29. The number of carbonyl (C=O) groups is 1. The number of carbonyl (C=O) groups excluding carboxylic acids is 1. The SMILES string of the molecule is CS(=O)(=O)N1CCc2cc(C(=O)CSc3nnc(-c4cccs4)n3C3CC3)ccc21. The zero-order valence-electron chi connectivity index (χ0n) is 16.3. The summed E-state index contributed by atoms with van der Waals surface area (Å²) < 4.78 is 27.4. The van der Waals surface area contributed by atoms with Crippen LogP contribution in [-0.2, 0) is 16.4 Å². The van der Waals surface area contributed by atoms with Crippen LogP contribution in [0.25, 0.3) is 10.7 Å². The first kappa shape index (κ1) is 19.8. The number of hydrogen-bond acceptors (Lipinski definition) is 7. The topological polar surface area (TPSA) is 85.2 Å². The van der Waals surface area contributed by atoms with Crippen molar-refractivity contribution in [2.75, 3.05) is 22.9 Å². The van der Waals surface area contributed by atoms with Gasteiger partial charge in [-0.05, 0) is 54.5 Å². The molecule has 1 saturated carbocycles. The Morgan fingerprint density at radius 2 is 2.10 bits per heavy atom. The second-order valence-corrected chi connectivity index (χ2v) is 11.3. The molecular weight excluding hydrogens is 440 g/mol. The van der Waals surface area contributed by atoms with Crippen LogP contribution in [0.1, 0.15) is 34.8 Å². The van der Waals surface area contributed by atoms with Gasteiger partial charge in [0.25, 0.3) is 0 Å². The van der Waals surface area contributed by atoms with E-state index in [4.69, 9.17) is 0 Å². The maximum Gasteiger partial charge on any atom is 0.232 e. The highest BCUT2D eigenvalue weighted by Gasteiger charge is 2.31. The fourth-order valence-corrected chi connectivity index (χ4v) is 6.28. The second-order valence-electron chi connectivity index (χ2n) is 7.53. The zero-order valence-corrected chi connectivity index (χ0v) is 18.8. The number of hydrogen-bond donors (Lipinski definition) is 0. The summed E-state index contributed by atoms with van der Waals surface area (Å²) in [5.74, 6) is 1.15. The zero-order chi connectivity index (χ0) is 20.9. The van der Waals surface area contributed by atoms with Gasteiger partial charge in [0.2, 0.25) is 10.0 Å². The molecule has 1 aliphatic carbocycles. The minimum atomic E-state index is -3.29. The molecule has 0 amide bonds. The number of Topliss-reactive ketones (excluding diaryl/α,β-unsaturated/α-hetero) is 1. The minimum absolute atomic E-state index is 0.00336. The van der Waals surface area contributed by atoms with E-state index in [9.17, 15) is 13.2 Å². The van der Waals surface area contributed by atoms with Gasteiger partial charge in [-0.15, -0.1) is 21.5 Å². The number of benzene rings is 1. The van der Waals surface area contributed by atoms with Crippen molar-refractivity contribution in [1.29, 1.82) is 0 Å². The molecule has 3 aromatic rings. The Morgan fingerprint density at radius 3 is 2.80 bits per heavy atom. The largest absolute Gasteiger partial charge is 0.298 e. The van der Waals surface area contributed by atoms with Gasteiger partial charge in [0.05, 0.1) is 22.6 Å². The van der Waals surface area contributed by atoms with Crippen molar-refractivity contribution < 1.29 is 13.2 Å². The smallest absolute Gasteiger partial charge is 0.232 e. The molecule has 2 aromatic heterocycles. The van der Waals surface area contributed by atoms with Crippen LogP contribution in [0.5, 0.6) is 0 Å². The molecule has 0 unspecified atom stereocenters. The van der Waals surface area contributed by atoms with Gasteiger partial charge in [0.15, 0.2) is 16.8 Å². The molecule has 10 heteroatoms. The molecule has 0 saturated heterocycles. The van der Waals surface area contributed by atoms with Gasteiger partial charge in [0.1, 0.15) is 0 Å². The number of nitrogens with zero attached hydrogens (tertiary/aromatic N) is 4.